The maximum absolute atomic E-state index is 13.4. The first kappa shape index (κ1) is 26.8. The second-order valence-corrected chi connectivity index (χ2v) is 12.2. The number of morpholine rings is 1. The number of fused-ring (bicyclic) bond motifs is 1. The molecule has 3 aromatic rings. The third-order valence-corrected chi connectivity index (χ3v) is 9.82. The summed E-state index contributed by atoms with van der Waals surface area (Å²) in [6, 6.07) is 5.41. The molecule has 6 rings (SSSR count). The van der Waals surface area contributed by atoms with Crippen LogP contribution in [-0.4, -0.2) is 103 Å². The summed E-state index contributed by atoms with van der Waals surface area (Å²) in [4.78, 5) is 25.2. The number of piperazine rings is 1. The molecule has 40 heavy (non-hydrogen) atoms. The minimum Gasteiger partial charge on any atom is -0.378 e. The first-order valence-corrected chi connectivity index (χ1v) is 15.2. The summed E-state index contributed by atoms with van der Waals surface area (Å²) in [7, 11) is -3.56. The molecule has 2 N–H and O–H groups in total. The van der Waals surface area contributed by atoms with E-state index in [4.69, 9.17) is 20.4 Å². The van der Waals surface area contributed by atoms with Gasteiger partial charge in [0, 0.05) is 75.0 Å². The van der Waals surface area contributed by atoms with Crippen LogP contribution in [0.25, 0.3) is 11.3 Å². The number of aromatic nitrogens is 4. The zero-order chi connectivity index (χ0) is 27.9. The second-order valence-electron chi connectivity index (χ2n) is 10.3. The van der Waals surface area contributed by atoms with Gasteiger partial charge in [-0.1, -0.05) is 6.92 Å². The van der Waals surface area contributed by atoms with E-state index < -0.39 is 10.0 Å². The van der Waals surface area contributed by atoms with Gasteiger partial charge in [0.05, 0.1) is 23.8 Å². The summed E-state index contributed by atoms with van der Waals surface area (Å²) < 4.78 is 34.0. The molecule has 3 aliphatic rings. The number of sulfonamides is 1. The van der Waals surface area contributed by atoms with E-state index in [1.807, 2.05) is 13.0 Å². The number of likely N-dealkylation sites (N-methyl/N-ethyl adjacent to an activating group) is 1. The summed E-state index contributed by atoms with van der Waals surface area (Å²) in [5.74, 6) is 1.66. The van der Waals surface area contributed by atoms with E-state index in [0.717, 1.165) is 59.9 Å². The van der Waals surface area contributed by atoms with E-state index in [2.05, 4.69) is 31.6 Å². The first-order valence-electron chi connectivity index (χ1n) is 13.8. The highest BCUT2D eigenvalue weighted by molar-refractivity contribution is 7.89. The van der Waals surface area contributed by atoms with Crippen molar-refractivity contribution >= 4 is 33.4 Å². The summed E-state index contributed by atoms with van der Waals surface area (Å²) >= 11 is 0. The molecule has 0 amide bonds. The zero-order valence-corrected chi connectivity index (χ0v) is 23.8. The van der Waals surface area contributed by atoms with Gasteiger partial charge in [-0.05, 0) is 43.7 Å². The van der Waals surface area contributed by atoms with Crippen LogP contribution in [0.1, 0.15) is 18.1 Å². The maximum atomic E-state index is 13.4. The average Bonchev–Trinajstić information content (AvgIpc) is 3.41. The van der Waals surface area contributed by atoms with Crippen molar-refractivity contribution in [3.05, 3.63) is 41.7 Å². The Hall–Kier alpha value is -3.39. The molecule has 0 unspecified atom stereocenters. The molecule has 212 valence electrons. The fraction of sp³-hybridized carbons (Fsp3) is 0.481. The predicted molar refractivity (Wildman–Crippen MR) is 153 cm³/mol. The summed E-state index contributed by atoms with van der Waals surface area (Å²) in [6.45, 7) is 10.9. The lowest BCUT2D eigenvalue weighted by Gasteiger charge is -2.33. The lowest BCUT2D eigenvalue weighted by Crippen LogP contribution is -2.48. The quantitative estimate of drug-likeness (QED) is 0.468. The normalized spacial score (nSPS) is 18.8. The molecule has 2 saturated heterocycles. The number of aryl methyl sites for hydroxylation is 1. The van der Waals surface area contributed by atoms with E-state index in [0.29, 0.717) is 56.8 Å². The number of hydrogen-bond donors (Lipinski definition) is 1. The van der Waals surface area contributed by atoms with Gasteiger partial charge >= 0.3 is 0 Å². The van der Waals surface area contributed by atoms with Crippen molar-refractivity contribution in [1.29, 1.82) is 0 Å². The number of nitrogen functional groups attached to an aromatic ring is 1. The van der Waals surface area contributed by atoms with Gasteiger partial charge in [-0.15, -0.1) is 0 Å². The highest BCUT2D eigenvalue weighted by Crippen LogP contribution is 2.40. The van der Waals surface area contributed by atoms with E-state index in [9.17, 15) is 8.42 Å². The van der Waals surface area contributed by atoms with Crippen molar-refractivity contribution in [2.75, 3.05) is 81.1 Å². The van der Waals surface area contributed by atoms with Gasteiger partial charge in [0.1, 0.15) is 5.82 Å². The Morgan fingerprint density at radius 1 is 0.975 bits per heavy atom. The van der Waals surface area contributed by atoms with Crippen molar-refractivity contribution in [3.63, 3.8) is 0 Å². The highest BCUT2D eigenvalue weighted by Gasteiger charge is 2.32. The van der Waals surface area contributed by atoms with Crippen molar-refractivity contribution in [2.45, 2.75) is 25.2 Å². The van der Waals surface area contributed by atoms with Gasteiger partial charge in [0.25, 0.3) is 0 Å². The number of rotatable bonds is 6. The molecular weight excluding hydrogens is 530 g/mol. The SMILES string of the molecule is CCN1CCN(S(=O)(=O)c2ccc(N3CCc4c(-c5cnc(N)nc5)nc(N5CCOCC5)nc43)c(C)c2)CC1. The fourth-order valence-electron chi connectivity index (χ4n) is 5.61. The Balaban J connectivity index is 1.35. The van der Waals surface area contributed by atoms with Crippen LogP contribution in [0.5, 0.6) is 0 Å². The monoisotopic (exact) mass is 565 g/mol. The molecule has 0 radical (unpaired) electrons. The van der Waals surface area contributed by atoms with E-state index in [-0.39, 0.29) is 5.95 Å². The first-order chi connectivity index (χ1) is 19.3. The van der Waals surface area contributed by atoms with Gasteiger partial charge in [-0.2, -0.15) is 9.29 Å². The van der Waals surface area contributed by atoms with Crippen LogP contribution in [0.15, 0.2) is 35.5 Å². The molecule has 2 aromatic heterocycles. The summed E-state index contributed by atoms with van der Waals surface area (Å²) in [5.41, 5.74) is 10.1. The number of nitrogens with zero attached hydrogens (tertiary/aromatic N) is 8. The Bertz CT molecular complexity index is 1490. The van der Waals surface area contributed by atoms with Gasteiger partial charge in [0.15, 0.2) is 0 Å². The molecule has 0 atom stereocenters. The molecule has 5 heterocycles. The number of nitrogens with two attached hydrogens (primary N) is 1. The summed E-state index contributed by atoms with van der Waals surface area (Å²) in [5, 5.41) is 0. The minimum absolute atomic E-state index is 0.211. The smallest absolute Gasteiger partial charge is 0.243 e. The summed E-state index contributed by atoms with van der Waals surface area (Å²) in [6.07, 6.45) is 4.13. The molecule has 1 aromatic carbocycles. The van der Waals surface area contributed by atoms with Crippen molar-refractivity contribution in [3.8, 4) is 11.3 Å². The third kappa shape index (κ3) is 4.98. The Labute approximate surface area is 234 Å². The van der Waals surface area contributed by atoms with Gasteiger partial charge < -0.3 is 25.2 Å². The predicted octanol–water partition coefficient (Wildman–Crippen LogP) is 1.68. The van der Waals surface area contributed by atoms with Gasteiger partial charge in [0.2, 0.25) is 21.9 Å². The standard InChI is InChI=1S/C27H35N9O3S/c1-3-33-8-10-35(11-9-33)40(37,38)21-4-5-23(19(2)16-21)36-7-6-22-24(20-17-29-26(28)30-18-20)31-27(32-25(22)36)34-12-14-39-15-13-34/h4-5,16-18H,3,6-15H2,1-2H3,(H2,28,29,30). The third-order valence-electron chi connectivity index (χ3n) is 7.93. The van der Waals surface area contributed by atoms with Crippen LogP contribution in [0.2, 0.25) is 0 Å². The number of hydrogen-bond acceptors (Lipinski definition) is 11. The van der Waals surface area contributed by atoms with Crippen molar-refractivity contribution in [2.24, 2.45) is 0 Å². The molecule has 0 aliphatic carbocycles. The molecular formula is C27H35N9O3S. The van der Waals surface area contributed by atoms with Crippen LogP contribution >= 0.6 is 0 Å². The van der Waals surface area contributed by atoms with E-state index >= 15 is 0 Å². The minimum atomic E-state index is -3.56. The Morgan fingerprint density at radius 2 is 1.70 bits per heavy atom. The lowest BCUT2D eigenvalue weighted by atomic mass is 10.1. The highest BCUT2D eigenvalue weighted by atomic mass is 32.2. The number of benzene rings is 1. The van der Waals surface area contributed by atoms with Gasteiger partial charge in [-0.25, -0.2) is 23.4 Å². The largest absolute Gasteiger partial charge is 0.378 e. The van der Waals surface area contributed by atoms with Crippen LogP contribution in [0, 0.1) is 6.92 Å². The molecule has 13 heteroatoms. The second kappa shape index (κ2) is 10.9. The van der Waals surface area contributed by atoms with Crippen LogP contribution in [0.3, 0.4) is 0 Å². The topological polar surface area (TPSA) is 134 Å². The molecule has 3 aliphatic heterocycles. The van der Waals surface area contributed by atoms with E-state index in [1.54, 1.807) is 28.8 Å². The Kier molecular flexibility index (Phi) is 7.29. The maximum Gasteiger partial charge on any atom is 0.243 e. The lowest BCUT2D eigenvalue weighted by molar-refractivity contribution is 0.122. The molecule has 0 saturated carbocycles. The number of ether oxygens (including phenoxy) is 1. The van der Waals surface area contributed by atoms with Crippen LogP contribution < -0.4 is 15.5 Å². The average molecular weight is 566 g/mol. The van der Waals surface area contributed by atoms with Crippen molar-refractivity contribution in [1.82, 2.24) is 29.1 Å². The molecule has 0 bridgehead atoms. The van der Waals surface area contributed by atoms with Crippen molar-refractivity contribution < 1.29 is 13.2 Å². The van der Waals surface area contributed by atoms with E-state index in [1.165, 1.54) is 0 Å². The molecule has 12 nitrogen and oxygen atoms in total. The van der Waals surface area contributed by atoms with Crippen LogP contribution in [-0.2, 0) is 21.2 Å². The fourth-order valence-corrected chi connectivity index (χ4v) is 7.12. The van der Waals surface area contributed by atoms with Crippen LogP contribution in [0.4, 0.5) is 23.4 Å². The Morgan fingerprint density at radius 3 is 2.38 bits per heavy atom. The van der Waals surface area contributed by atoms with Gasteiger partial charge in [-0.3, -0.25) is 0 Å². The molecule has 2 fully saturated rings. The zero-order valence-electron chi connectivity index (χ0n) is 23.0. The molecule has 0 spiro atoms. The number of anilines is 4.